The van der Waals surface area contributed by atoms with Gasteiger partial charge in [0.15, 0.2) is 8.32 Å². The number of hydrogen-bond donors (Lipinski definition) is 0. The van der Waals surface area contributed by atoms with Gasteiger partial charge in [-0.2, -0.15) is 0 Å². The molecule has 0 aromatic carbocycles. The summed E-state index contributed by atoms with van der Waals surface area (Å²) in [6.45, 7) is 15.5. The van der Waals surface area contributed by atoms with Crippen LogP contribution in [0.5, 0.6) is 0 Å². The molecule has 0 aromatic rings. The molecule has 0 spiro atoms. The molecule has 0 unspecified atom stereocenters. The Kier molecular flexibility index (Phi) is 12.0. The van der Waals surface area contributed by atoms with E-state index in [9.17, 15) is 4.79 Å². The van der Waals surface area contributed by atoms with Crippen molar-refractivity contribution in [1.82, 2.24) is 0 Å². The van der Waals surface area contributed by atoms with E-state index in [4.69, 9.17) is 9.16 Å². The van der Waals surface area contributed by atoms with Crippen LogP contribution in [0.25, 0.3) is 0 Å². The fourth-order valence-electron chi connectivity index (χ4n) is 0.903. The summed E-state index contributed by atoms with van der Waals surface area (Å²) in [4.78, 5) is 10.4. The maximum Gasteiger partial charge on any atom is 0.302 e. The SMILES string of the molecule is CCC(C)C.CCO[Si](C)(C)CCOC(C)=O. The van der Waals surface area contributed by atoms with Gasteiger partial charge in [0, 0.05) is 19.6 Å². The van der Waals surface area contributed by atoms with Gasteiger partial charge in [0.05, 0.1) is 6.61 Å². The molecule has 4 heteroatoms. The molecule has 0 aromatic heterocycles. The van der Waals surface area contributed by atoms with Gasteiger partial charge in [0.2, 0.25) is 0 Å². The summed E-state index contributed by atoms with van der Waals surface area (Å²) < 4.78 is 10.4. The van der Waals surface area contributed by atoms with Crippen molar-refractivity contribution in [2.75, 3.05) is 13.2 Å². The van der Waals surface area contributed by atoms with Crippen molar-refractivity contribution >= 4 is 14.3 Å². The fourth-order valence-corrected chi connectivity index (χ4v) is 2.42. The Labute approximate surface area is 108 Å². The topological polar surface area (TPSA) is 35.5 Å². The van der Waals surface area contributed by atoms with Crippen LogP contribution in [-0.2, 0) is 14.0 Å². The molecule has 0 saturated carbocycles. The molecule has 0 atom stereocenters. The van der Waals surface area contributed by atoms with Crippen LogP contribution in [0.15, 0.2) is 0 Å². The van der Waals surface area contributed by atoms with Gasteiger partial charge in [0.25, 0.3) is 0 Å². The minimum atomic E-state index is -1.55. The Morgan fingerprint density at radius 1 is 1.24 bits per heavy atom. The van der Waals surface area contributed by atoms with Crippen LogP contribution < -0.4 is 0 Å². The molecule has 0 fully saturated rings. The zero-order valence-electron chi connectivity index (χ0n) is 12.6. The first kappa shape index (κ1) is 19.0. The number of carbonyl (C=O) groups is 1. The van der Waals surface area contributed by atoms with Crippen molar-refractivity contribution in [3.8, 4) is 0 Å². The summed E-state index contributed by atoms with van der Waals surface area (Å²) in [6.07, 6.45) is 1.31. The standard InChI is InChI=1S/C8H18O3Si.C5H12/c1-5-11-12(3,4)7-6-10-8(2)9;1-4-5(2)3/h5-7H2,1-4H3;5H,4H2,1-3H3. The van der Waals surface area contributed by atoms with E-state index in [2.05, 4.69) is 33.9 Å². The first-order valence-corrected chi connectivity index (χ1v) is 9.64. The molecule has 0 saturated heterocycles. The van der Waals surface area contributed by atoms with E-state index in [1.165, 1.54) is 13.3 Å². The average molecular weight is 262 g/mol. The molecule has 3 nitrogen and oxygen atoms in total. The molecular weight excluding hydrogens is 232 g/mol. The summed E-state index contributed by atoms with van der Waals surface area (Å²) in [6, 6.07) is 0.875. The fraction of sp³-hybridized carbons (Fsp3) is 0.923. The van der Waals surface area contributed by atoms with E-state index in [0.29, 0.717) is 6.61 Å². The summed E-state index contributed by atoms with van der Waals surface area (Å²) in [5, 5.41) is 0. The molecule has 0 rings (SSSR count). The van der Waals surface area contributed by atoms with Gasteiger partial charge in [0.1, 0.15) is 0 Å². The first-order valence-electron chi connectivity index (χ1n) is 6.52. The lowest BCUT2D eigenvalue weighted by molar-refractivity contribution is -0.140. The molecule has 0 aliphatic rings. The number of ether oxygens (including phenoxy) is 1. The van der Waals surface area contributed by atoms with Gasteiger partial charge >= 0.3 is 5.97 Å². The van der Waals surface area contributed by atoms with Crippen LogP contribution in [0.1, 0.15) is 41.0 Å². The van der Waals surface area contributed by atoms with Crippen molar-refractivity contribution in [3.63, 3.8) is 0 Å². The van der Waals surface area contributed by atoms with Gasteiger partial charge in [-0.05, 0) is 25.9 Å². The average Bonchev–Trinajstić information content (AvgIpc) is 2.17. The third kappa shape index (κ3) is 18.2. The minimum Gasteiger partial charge on any atom is -0.466 e. The van der Waals surface area contributed by atoms with Crippen LogP contribution in [0, 0.1) is 5.92 Å². The van der Waals surface area contributed by atoms with Crippen LogP contribution in [-0.4, -0.2) is 27.5 Å². The van der Waals surface area contributed by atoms with Crippen LogP contribution in [0.2, 0.25) is 19.1 Å². The zero-order chi connectivity index (χ0) is 13.9. The molecule has 0 aliphatic carbocycles. The van der Waals surface area contributed by atoms with E-state index < -0.39 is 8.32 Å². The van der Waals surface area contributed by atoms with Crippen LogP contribution >= 0.6 is 0 Å². The van der Waals surface area contributed by atoms with Crippen molar-refractivity contribution < 1.29 is 14.0 Å². The highest BCUT2D eigenvalue weighted by atomic mass is 28.4. The van der Waals surface area contributed by atoms with E-state index in [1.54, 1.807) is 0 Å². The molecule has 0 N–H and O–H groups in total. The summed E-state index contributed by atoms with van der Waals surface area (Å²) in [5.41, 5.74) is 0. The van der Waals surface area contributed by atoms with E-state index >= 15 is 0 Å². The Bertz CT molecular complexity index is 191. The lowest BCUT2D eigenvalue weighted by Gasteiger charge is -2.21. The lowest BCUT2D eigenvalue weighted by atomic mass is 10.2. The lowest BCUT2D eigenvalue weighted by Crippen LogP contribution is -2.31. The van der Waals surface area contributed by atoms with Gasteiger partial charge in [-0.15, -0.1) is 0 Å². The maximum absolute atomic E-state index is 10.4. The number of esters is 1. The summed E-state index contributed by atoms with van der Waals surface area (Å²) >= 11 is 0. The maximum atomic E-state index is 10.4. The first-order chi connectivity index (χ1) is 7.75. The van der Waals surface area contributed by atoms with Crippen molar-refractivity contribution in [2.45, 2.75) is 60.2 Å². The van der Waals surface area contributed by atoms with Crippen molar-refractivity contribution in [1.29, 1.82) is 0 Å². The zero-order valence-corrected chi connectivity index (χ0v) is 13.6. The molecule has 104 valence electrons. The van der Waals surface area contributed by atoms with Gasteiger partial charge in [-0.3, -0.25) is 4.79 Å². The summed E-state index contributed by atoms with van der Waals surface area (Å²) in [7, 11) is -1.55. The Balaban J connectivity index is 0. The predicted molar refractivity (Wildman–Crippen MR) is 75.7 cm³/mol. The molecule has 0 aliphatic heterocycles. The van der Waals surface area contributed by atoms with E-state index in [1.807, 2.05) is 6.92 Å². The number of hydrogen-bond acceptors (Lipinski definition) is 3. The second-order valence-electron chi connectivity index (χ2n) is 5.08. The predicted octanol–water partition coefficient (Wildman–Crippen LogP) is 3.84. The van der Waals surface area contributed by atoms with E-state index in [0.717, 1.165) is 18.6 Å². The second-order valence-corrected chi connectivity index (χ2v) is 9.39. The normalized spacial score (nSPS) is 10.8. The Morgan fingerprint density at radius 3 is 2.00 bits per heavy atom. The quantitative estimate of drug-likeness (QED) is 0.539. The smallest absolute Gasteiger partial charge is 0.302 e. The van der Waals surface area contributed by atoms with Crippen LogP contribution in [0.3, 0.4) is 0 Å². The minimum absolute atomic E-state index is 0.212. The molecule has 17 heavy (non-hydrogen) atoms. The van der Waals surface area contributed by atoms with Gasteiger partial charge in [-0.25, -0.2) is 0 Å². The van der Waals surface area contributed by atoms with Crippen molar-refractivity contribution in [3.05, 3.63) is 0 Å². The van der Waals surface area contributed by atoms with Gasteiger partial charge in [-0.1, -0.05) is 27.2 Å². The molecule has 0 bridgehead atoms. The molecule has 0 amide bonds. The Hall–Kier alpha value is -0.353. The van der Waals surface area contributed by atoms with Gasteiger partial charge < -0.3 is 9.16 Å². The highest BCUT2D eigenvalue weighted by Gasteiger charge is 2.21. The molecule has 0 heterocycles. The van der Waals surface area contributed by atoms with Crippen molar-refractivity contribution in [2.24, 2.45) is 5.92 Å². The summed E-state index contributed by atoms with van der Waals surface area (Å²) in [5.74, 6) is 0.672. The largest absolute Gasteiger partial charge is 0.466 e. The molecule has 0 radical (unpaired) electrons. The van der Waals surface area contributed by atoms with E-state index in [-0.39, 0.29) is 5.97 Å². The number of carbonyl (C=O) groups excluding carboxylic acids is 1. The van der Waals surface area contributed by atoms with Crippen LogP contribution in [0.4, 0.5) is 0 Å². The molecular formula is C13H30O3Si. The second kappa shape index (κ2) is 10.8. The Morgan fingerprint density at radius 2 is 1.71 bits per heavy atom. The number of rotatable bonds is 6. The third-order valence-electron chi connectivity index (χ3n) is 2.36. The highest BCUT2D eigenvalue weighted by molar-refractivity contribution is 6.71. The monoisotopic (exact) mass is 262 g/mol. The highest BCUT2D eigenvalue weighted by Crippen LogP contribution is 2.10. The third-order valence-corrected chi connectivity index (χ3v) is 4.84.